The number of nitrogens with zero attached hydrogens (tertiary/aromatic N) is 1. The minimum Gasteiger partial charge on any atom is -0.387 e. The van der Waals surface area contributed by atoms with Gasteiger partial charge in [0, 0.05) is 6.42 Å². The van der Waals surface area contributed by atoms with Crippen LogP contribution in [0.1, 0.15) is 251 Å². The van der Waals surface area contributed by atoms with Gasteiger partial charge in [-0.15, -0.1) is 0 Å². The molecule has 412 valence electrons. The quantitative estimate of drug-likeness (QED) is 0.0243. The van der Waals surface area contributed by atoms with E-state index >= 15 is 0 Å². The van der Waals surface area contributed by atoms with Gasteiger partial charge < -0.3 is 19.8 Å². The van der Waals surface area contributed by atoms with E-state index in [0.717, 1.165) is 83.5 Å². The minimum absolute atomic E-state index is 0.0498. The third-order valence-corrected chi connectivity index (χ3v) is 13.8. The molecule has 0 rings (SSSR count). The summed E-state index contributed by atoms with van der Waals surface area (Å²) in [4.78, 5) is 23.3. The molecule has 0 aliphatic carbocycles. The van der Waals surface area contributed by atoms with Crippen LogP contribution in [0.3, 0.4) is 0 Å². The highest BCUT2D eigenvalue weighted by Crippen LogP contribution is 2.43. The number of carbonyl (C=O) groups is 1. The Morgan fingerprint density at radius 2 is 0.859 bits per heavy atom. The van der Waals surface area contributed by atoms with Crippen molar-refractivity contribution in [1.82, 2.24) is 5.32 Å². The Labute approximate surface area is 439 Å². The zero-order valence-corrected chi connectivity index (χ0v) is 47.8. The van der Waals surface area contributed by atoms with Crippen molar-refractivity contribution in [3.63, 3.8) is 0 Å². The maximum absolute atomic E-state index is 13.0. The lowest BCUT2D eigenvalue weighted by molar-refractivity contribution is -0.870. The van der Waals surface area contributed by atoms with Gasteiger partial charge in [0.2, 0.25) is 5.91 Å². The van der Waals surface area contributed by atoms with Crippen LogP contribution in [0.25, 0.3) is 0 Å². The van der Waals surface area contributed by atoms with Crippen LogP contribution in [0, 0.1) is 0 Å². The molecule has 0 saturated carbocycles. The molecule has 0 saturated heterocycles. The van der Waals surface area contributed by atoms with Gasteiger partial charge >= 0.3 is 7.82 Å². The Kier molecular flexibility index (Phi) is 50.8. The zero-order chi connectivity index (χ0) is 52.0. The second-order valence-corrected chi connectivity index (χ2v) is 22.4. The number of phosphoric acid groups is 1. The van der Waals surface area contributed by atoms with E-state index < -0.39 is 20.0 Å². The number of likely N-dealkylation sites (N-methyl/N-ethyl adjacent to an activating group) is 1. The van der Waals surface area contributed by atoms with Crippen molar-refractivity contribution in [2.75, 3.05) is 40.9 Å². The van der Waals surface area contributed by atoms with Gasteiger partial charge in [0.25, 0.3) is 0 Å². The van der Waals surface area contributed by atoms with Crippen LogP contribution in [0.5, 0.6) is 0 Å². The highest BCUT2D eigenvalue weighted by Gasteiger charge is 2.27. The average molecular weight is 1010 g/mol. The molecule has 0 spiro atoms. The molecule has 3 atom stereocenters. The van der Waals surface area contributed by atoms with Crippen LogP contribution in [0.4, 0.5) is 0 Å². The molecule has 9 heteroatoms. The first-order valence-electron chi connectivity index (χ1n) is 29.5. The van der Waals surface area contributed by atoms with E-state index in [1.165, 1.54) is 148 Å². The SMILES string of the molecule is CC/C=C\C/C=C\C/C=C\C/C=C\C/C=C\CCCCCCCCCC(=O)NC(COP(=O)(O)OCC[N+](C)(C)C)C(O)/C=C/CC/C=C/CCCCCCCCCCCCCCCCCCCCCC. The molecular weight excluding hydrogens is 900 g/mol. The number of aliphatic hydroxyl groups excluding tert-OH is 1. The molecule has 8 nitrogen and oxygen atoms in total. The molecular formula is C62H114N2O6P+. The molecule has 0 aromatic carbocycles. The Morgan fingerprint density at radius 3 is 1.30 bits per heavy atom. The summed E-state index contributed by atoms with van der Waals surface area (Å²) in [6.45, 7) is 4.69. The number of quaternary nitrogens is 1. The predicted molar refractivity (Wildman–Crippen MR) is 309 cm³/mol. The van der Waals surface area contributed by atoms with Gasteiger partial charge in [-0.25, -0.2) is 4.57 Å². The molecule has 0 aromatic heterocycles. The van der Waals surface area contributed by atoms with Crippen molar-refractivity contribution >= 4 is 13.7 Å². The van der Waals surface area contributed by atoms with Gasteiger partial charge in [0.05, 0.1) is 39.9 Å². The second-order valence-electron chi connectivity index (χ2n) is 21.0. The third kappa shape index (κ3) is 55.3. The monoisotopic (exact) mass is 1010 g/mol. The summed E-state index contributed by atoms with van der Waals surface area (Å²) in [5.41, 5.74) is 0. The first-order valence-corrected chi connectivity index (χ1v) is 31.0. The van der Waals surface area contributed by atoms with Gasteiger partial charge in [0.1, 0.15) is 13.2 Å². The first-order chi connectivity index (χ1) is 34.5. The second kappa shape index (κ2) is 52.5. The number of hydrogen-bond donors (Lipinski definition) is 3. The van der Waals surface area contributed by atoms with Crippen molar-refractivity contribution in [2.24, 2.45) is 0 Å². The molecule has 0 aromatic rings. The molecule has 0 fully saturated rings. The molecule has 0 bridgehead atoms. The Balaban J connectivity index is 4.28. The van der Waals surface area contributed by atoms with Crippen molar-refractivity contribution in [3.05, 3.63) is 85.1 Å². The van der Waals surface area contributed by atoms with Crippen LogP contribution in [0.2, 0.25) is 0 Å². The Bertz CT molecular complexity index is 1430. The normalized spacial score (nSPS) is 14.5. The lowest BCUT2D eigenvalue weighted by Crippen LogP contribution is -2.45. The Hall–Kier alpha value is -2.32. The summed E-state index contributed by atoms with van der Waals surface area (Å²) in [6.07, 6.45) is 74.1. The molecule has 1 amide bonds. The molecule has 0 aliphatic heterocycles. The first kappa shape index (κ1) is 68.7. The number of amides is 1. The van der Waals surface area contributed by atoms with Crippen LogP contribution in [-0.2, 0) is 18.4 Å². The van der Waals surface area contributed by atoms with Crippen LogP contribution in [0.15, 0.2) is 85.1 Å². The van der Waals surface area contributed by atoms with Crippen molar-refractivity contribution in [2.45, 2.75) is 264 Å². The number of carbonyl (C=O) groups excluding carboxylic acids is 1. The van der Waals surface area contributed by atoms with E-state index in [0.29, 0.717) is 17.4 Å². The van der Waals surface area contributed by atoms with Crippen molar-refractivity contribution in [3.8, 4) is 0 Å². The van der Waals surface area contributed by atoms with Crippen LogP contribution in [-0.4, -0.2) is 73.4 Å². The lowest BCUT2D eigenvalue weighted by atomic mass is 10.0. The fourth-order valence-electron chi connectivity index (χ4n) is 8.26. The number of nitrogens with one attached hydrogen (secondary N) is 1. The van der Waals surface area contributed by atoms with Crippen LogP contribution < -0.4 is 5.32 Å². The number of unbranched alkanes of at least 4 members (excludes halogenated alkanes) is 28. The maximum Gasteiger partial charge on any atom is 0.472 e. The van der Waals surface area contributed by atoms with Gasteiger partial charge in [-0.1, -0.05) is 253 Å². The number of rotatable bonds is 53. The van der Waals surface area contributed by atoms with Crippen molar-refractivity contribution in [1.29, 1.82) is 0 Å². The summed E-state index contributed by atoms with van der Waals surface area (Å²) >= 11 is 0. The van der Waals surface area contributed by atoms with E-state index in [1.807, 2.05) is 27.2 Å². The molecule has 3 N–H and O–H groups in total. The molecule has 0 aliphatic rings. The topological polar surface area (TPSA) is 105 Å². The predicted octanol–water partition coefficient (Wildman–Crippen LogP) is 18.0. The van der Waals surface area contributed by atoms with Gasteiger partial charge in [0.15, 0.2) is 0 Å². The van der Waals surface area contributed by atoms with Gasteiger partial charge in [-0.3, -0.25) is 13.8 Å². The van der Waals surface area contributed by atoms with Gasteiger partial charge in [-0.2, -0.15) is 0 Å². The number of hydrogen-bond acceptors (Lipinski definition) is 5. The molecule has 71 heavy (non-hydrogen) atoms. The van der Waals surface area contributed by atoms with E-state index in [9.17, 15) is 19.4 Å². The van der Waals surface area contributed by atoms with E-state index in [2.05, 4.69) is 92.1 Å². The molecule has 0 radical (unpaired) electrons. The fraction of sp³-hybridized carbons (Fsp3) is 0.758. The summed E-state index contributed by atoms with van der Waals surface area (Å²) < 4.78 is 23.7. The van der Waals surface area contributed by atoms with E-state index in [-0.39, 0.29) is 19.1 Å². The average Bonchev–Trinajstić information content (AvgIpc) is 3.33. The standard InChI is InChI=1S/C62H113N2O6P/c1-6-8-10-12-14-16-18-20-22-24-26-28-30-31-32-34-35-37-39-41-43-45-47-49-51-53-55-61(65)60(59-70-71(67,68)69-58-57-64(3,4)5)63-62(66)56-54-52-50-48-46-44-42-40-38-36-33-29-27-25-23-21-19-17-15-13-11-9-7-2/h9,11,15,17,21,23,27,29,36,38,45,47,53,55,60-61,65H,6-8,10,12-14,16,18-20,22,24-26,28,30-35,37,39-44,46,48-52,54,56-59H2,1-5H3,(H-,63,66,67,68)/p+1/b11-9-,17-15-,23-21-,29-27-,38-36-,47-45+,55-53+. The number of allylic oxidation sites excluding steroid dienone is 13. The summed E-state index contributed by atoms with van der Waals surface area (Å²) in [7, 11) is 1.54. The zero-order valence-electron chi connectivity index (χ0n) is 46.9. The highest BCUT2D eigenvalue weighted by molar-refractivity contribution is 7.47. The third-order valence-electron chi connectivity index (χ3n) is 12.8. The lowest BCUT2D eigenvalue weighted by Gasteiger charge is -2.25. The summed E-state index contributed by atoms with van der Waals surface area (Å²) in [6, 6.07) is -0.876. The molecule has 3 unspecified atom stereocenters. The minimum atomic E-state index is -4.37. The van der Waals surface area contributed by atoms with Crippen LogP contribution >= 0.6 is 7.82 Å². The van der Waals surface area contributed by atoms with E-state index in [1.54, 1.807) is 6.08 Å². The fourth-order valence-corrected chi connectivity index (χ4v) is 9.00. The number of aliphatic hydroxyl groups is 1. The summed E-state index contributed by atoms with van der Waals surface area (Å²) in [5.74, 6) is -0.199. The molecule has 0 heterocycles. The Morgan fingerprint density at radius 1 is 0.493 bits per heavy atom. The maximum atomic E-state index is 13.0. The largest absolute Gasteiger partial charge is 0.472 e. The van der Waals surface area contributed by atoms with Gasteiger partial charge in [-0.05, 0) is 77.0 Å². The summed E-state index contributed by atoms with van der Waals surface area (Å²) in [5, 5.41) is 13.9. The number of phosphoric ester groups is 1. The van der Waals surface area contributed by atoms with Crippen molar-refractivity contribution < 1.29 is 32.9 Å². The smallest absolute Gasteiger partial charge is 0.387 e. The highest BCUT2D eigenvalue weighted by atomic mass is 31.2. The van der Waals surface area contributed by atoms with E-state index in [4.69, 9.17) is 9.05 Å².